The molecule has 0 fully saturated rings. The van der Waals surface area contributed by atoms with Gasteiger partial charge in [0.1, 0.15) is 0 Å². The van der Waals surface area contributed by atoms with Crippen LogP contribution in [0.4, 0.5) is 0 Å². The van der Waals surface area contributed by atoms with Gasteiger partial charge in [0.2, 0.25) is 10.0 Å². The maximum absolute atomic E-state index is 12.3. The summed E-state index contributed by atoms with van der Waals surface area (Å²) in [6.45, 7) is -0.489. The smallest absolute Gasteiger partial charge is 0.343 e. The van der Waals surface area contributed by atoms with Crippen LogP contribution in [0.5, 0.6) is 11.5 Å². The molecule has 1 amide bonds. The molecule has 0 heterocycles. The van der Waals surface area contributed by atoms with Crippen LogP contribution in [0.1, 0.15) is 15.9 Å². The summed E-state index contributed by atoms with van der Waals surface area (Å²) in [5.41, 5.74) is 3.09. The highest BCUT2D eigenvalue weighted by Gasteiger charge is 2.15. The van der Waals surface area contributed by atoms with Crippen LogP contribution in [-0.2, 0) is 14.8 Å². The molecule has 0 aliphatic carbocycles. The number of rotatable bonds is 9. The molecular formula is C23H20ClN3O6S. The quantitative estimate of drug-likeness (QED) is 0.201. The summed E-state index contributed by atoms with van der Waals surface area (Å²) >= 11 is 5.82. The Morgan fingerprint density at radius 2 is 1.71 bits per heavy atom. The fourth-order valence-corrected chi connectivity index (χ4v) is 3.78. The molecule has 11 heteroatoms. The standard InChI is InChI=1S/C23H20ClN3O6S/c1-32-21-13-16(7-12-20(21)33-23(29)17-8-10-18(24)11-9-17)14-25-27-22(28)15-26-34(30,31)19-5-3-2-4-6-19/h2-14,26H,15H2,1H3,(H,27,28)/b25-14+. The molecule has 0 atom stereocenters. The molecule has 0 aliphatic rings. The van der Waals surface area contributed by atoms with Crippen molar-refractivity contribution < 1.29 is 27.5 Å². The summed E-state index contributed by atoms with van der Waals surface area (Å²) in [4.78, 5) is 24.3. The van der Waals surface area contributed by atoms with Crippen molar-refractivity contribution in [1.82, 2.24) is 10.1 Å². The number of hydrazone groups is 1. The molecule has 0 bridgehead atoms. The molecule has 0 spiro atoms. The Hall–Kier alpha value is -3.73. The molecule has 0 aliphatic heterocycles. The average Bonchev–Trinajstić information content (AvgIpc) is 2.84. The Morgan fingerprint density at radius 1 is 1.00 bits per heavy atom. The summed E-state index contributed by atoms with van der Waals surface area (Å²) in [5.74, 6) is -0.773. The van der Waals surface area contributed by atoms with Gasteiger partial charge >= 0.3 is 5.97 Å². The third kappa shape index (κ3) is 6.88. The minimum atomic E-state index is -3.81. The van der Waals surface area contributed by atoms with Crippen molar-refractivity contribution in [3.63, 3.8) is 0 Å². The van der Waals surface area contributed by atoms with Crippen LogP contribution in [0.15, 0.2) is 82.8 Å². The number of carbonyl (C=O) groups is 2. The number of esters is 1. The second kappa shape index (κ2) is 11.4. The van der Waals surface area contributed by atoms with Crippen molar-refractivity contribution in [3.8, 4) is 11.5 Å². The number of halogens is 1. The zero-order valence-electron chi connectivity index (χ0n) is 17.9. The molecule has 0 aromatic heterocycles. The summed E-state index contributed by atoms with van der Waals surface area (Å²) in [6.07, 6.45) is 1.33. The largest absolute Gasteiger partial charge is 0.493 e. The fourth-order valence-electron chi connectivity index (χ4n) is 2.66. The van der Waals surface area contributed by atoms with Crippen LogP contribution in [0.25, 0.3) is 0 Å². The van der Waals surface area contributed by atoms with Gasteiger partial charge in [0.05, 0.1) is 30.3 Å². The molecule has 0 radical (unpaired) electrons. The first kappa shape index (κ1) is 24.9. The maximum atomic E-state index is 12.3. The van der Waals surface area contributed by atoms with Gasteiger partial charge in [-0.3, -0.25) is 4.79 Å². The third-order valence-corrected chi connectivity index (χ3v) is 6.02. The van der Waals surface area contributed by atoms with Crippen molar-refractivity contribution in [1.29, 1.82) is 0 Å². The number of carbonyl (C=O) groups excluding carboxylic acids is 2. The molecule has 34 heavy (non-hydrogen) atoms. The number of benzene rings is 3. The number of nitrogens with one attached hydrogen (secondary N) is 2. The molecule has 3 rings (SSSR count). The zero-order chi connectivity index (χ0) is 24.6. The molecule has 9 nitrogen and oxygen atoms in total. The lowest BCUT2D eigenvalue weighted by Crippen LogP contribution is -2.34. The van der Waals surface area contributed by atoms with Gasteiger partial charge in [-0.05, 0) is 60.2 Å². The Kier molecular flexibility index (Phi) is 8.36. The van der Waals surface area contributed by atoms with E-state index in [1.54, 1.807) is 54.6 Å². The average molecular weight is 502 g/mol. The van der Waals surface area contributed by atoms with E-state index in [0.717, 1.165) is 0 Å². The van der Waals surface area contributed by atoms with Crippen LogP contribution in [0.2, 0.25) is 5.02 Å². The number of hydrogen-bond acceptors (Lipinski definition) is 7. The van der Waals surface area contributed by atoms with E-state index in [1.807, 2.05) is 0 Å². The summed E-state index contributed by atoms with van der Waals surface area (Å²) in [7, 11) is -2.39. The minimum Gasteiger partial charge on any atom is -0.493 e. The van der Waals surface area contributed by atoms with E-state index in [0.29, 0.717) is 16.1 Å². The van der Waals surface area contributed by atoms with Gasteiger partial charge in [-0.15, -0.1) is 0 Å². The van der Waals surface area contributed by atoms with Gasteiger partial charge in [-0.2, -0.15) is 5.10 Å². The predicted octanol–water partition coefficient (Wildman–Crippen LogP) is 3.00. The monoisotopic (exact) mass is 501 g/mol. The van der Waals surface area contributed by atoms with Gasteiger partial charge in [-0.25, -0.2) is 23.4 Å². The highest BCUT2D eigenvalue weighted by Crippen LogP contribution is 2.28. The van der Waals surface area contributed by atoms with Gasteiger partial charge in [0, 0.05) is 5.02 Å². The molecule has 0 saturated heterocycles. The number of methoxy groups -OCH3 is 1. The maximum Gasteiger partial charge on any atom is 0.343 e. The molecule has 0 unspecified atom stereocenters. The highest BCUT2D eigenvalue weighted by atomic mass is 35.5. The van der Waals surface area contributed by atoms with Crippen molar-refractivity contribution in [2.45, 2.75) is 4.90 Å². The van der Waals surface area contributed by atoms with E-state index >= 15 is 0 Å². The van der Waals surface area contributed by atoms with Crippen molar-refractivity contribution in [3.05, 3.63) is 88.9 Å². The normalized spacial score (nSPS) is 11.2. The molecule has 176 valence electrons. The first-order chi connectivity index (χ1) is 16.3. The van der Waals surface area contributed by atoms with E-state index in [1.165, 1.54) is 31.5 Å². The molecule has 3 aromatic rings. The highest BCUT2D eigenvalue weighted by molar-refractivity contribution is 7.89. The molecule has 3 aromatic carbocycles. The second-order valence-electron chi connectivity index (χ2n) is 6.74. The second-order valence-corrected chi connectivity index (χ2v) is 8.94. The summed E-state index contributed by atoms with van der Waals surface area (Å²) in [6, 6.07) is 18.6. The zero-order valence-corrected chi connectivity index (χ0v) is 19.5. The third-order valence-electron chi connectivity index (χ3n) is 4.35. The van der Waals surface area contributed by atoms with Gasteiger partial charge in [0.25, 0.3) is 5.91 Å². The van der Waals surface area contributed by atoms with Gasteiger partial charge in [-0.1, -0.05) is 29.8 Å². The number of amides is 1. The first-order valence-electron chi connectivity index (χ1n) is 9.81. The van der Waals surface area contributed by atoms with Crippen LogP contribution < -0.4 is 19.6 Å². The van der Waals surface area contributed by atoms with Crippen LogP contribution in [-0.4, -0.2) is 40.2 Å². The van der Waals surface area contributed by atoms with E-state index < -0.39 is 28.4 Å². The van der Waals surface area contributed by atoms with Gasteiger partial charge in [0.15, 0.2) is 11.5 Å². The Labute approximate surface area is 201 Å². The van der Waals surface area contributed by atoms with E-state index in [2.05, 4.69) is 15.2 Å². The Balaban J connectivity index is 1.57. The first-order valence-corrected chi connectivity index (χ1v) is 11.7. The van der Waals surface area contributed by atoms with Crippen LogP contribution >= 0.6 is 11.6 Å². The SMILES string of the molecule is COc1cc(/C=N/NC(=O)CNS(=O)(=O)c2ccccc2)ccc1OC(=O)c1ccc(Cl)cc1. The minimum absolute atomic E-state index is 0.0512. The van der Waals surface area contributed by atoms with E-state index in [-0.39, 0.29) is 16.4 Å². The molecule has 2 N–H and O–H groups in total. The Bertz CT molecular complexity index is 1300. The number of ether oxygens (including phenoxy) is 2. The van der Waals surface area contributed by atoms with Crippen molar-refractivity contribution in [2.24, 2.45) is 5.10 Å². The number of sulfonamides is 1. The number of hydrogen-bond donors (Lipinski definition) is 2. The summed E-state index contributed by atoms with van der Waals surface area (Å²) in [5, 5.41) is 4.30. The lowest BCUT2D eigenvalue weighted by molar-refractivity contribution is -0.119. The summed E-state index contributed by atoms with van der Waals surface area (Å²) < 4.78 is 37.1. The lowest BCUT2D eigenvalue weighted by atomic mass is 10.2. The Morgan fingerprint density at radius 3 is 2.38 bits per heavy atom. The van der Waals surface area contributed by atoms with Crippen molar-refractivity contribution in [2.75, 3.05) is 13.7 Å². The topological polar surface area (TPSA) is 123 Å². The van der Waals surface area contributed by atoms with Crippen molar-refractivity contribution >= 4 is 39.7 Å². The molecule has 0 saturated carbocycles. The molecular weight excluding hydrogens is 482 g/mol. The van der Waals surface area contributed by atoms with Gasteiger partial charge < -0.3 is 9.47 Å². The van der Waals surface area contributed by atoms with E-state index in [4.69, 9.17) is 21.1 Å². The number of nitrogens with zero attached hydrogens (tertiary/aromatic N) is 1. The lowest BCUT2D eigenvalue weighted by Gasteiger charge is -2.10. The van der Waals surface area contributed by atoms with Crippen LogP contribution in [0.3, 0.4) is 0 Å². The van der Waals surface area contributed by atoms with E-state index in [9.17, 15) is 18.0 Å². The fraction of sp³-hybridized carbons (Fsp3) is 0.0870. The predicted molar refractivity (Wildman–Crippen MR) is 127 cm³/mol. The van der Waals surface area contributed by atoms with Crippen LogP contribution in [0, 0.1) is 0 Å².